The van der Waals surface area contributed by atoms with Gasteiger partial charge < -0.3 is 5.32 Å². The highest BCUT2D eigenvalue weighted by Gasteiger charge is 2.27. The number of nitrogens with one attached hydrogen (secondary N) is 1. The minimum atomic E-state index is 0.160. The van der Waals surface area contributed by atoms with Crippen LogP contribution in [-0.2, 0) is 0 Å². The topological polar surface area (TPSA) is 24.9 Å². The second-order valence-electron chi connectivity index (χ2n) is 4.73. The number of halogens is 1. The molecule has 0 saturated carbocycles. The van der Waals surface area contributed by atoms with E-state index >= 15 is 0 Å². The molecule has 0 radical (unpaired) electrons. The molecule has 0 aromatic carbocycles. The van der Waals surface area contributed by atoms with E-state index in [-0.39, 0.29) is 11.5 Å². The highest BCUT2D eigenvalue weighted by atomic mass is 79.9. The van der Waals surface area contributed by atoms with Crippen LogP contribution in [0.4, 0.5) is 0 Å². The predicted molar refractivity (Wildman–Crippen MR) is 67.8 cm³/mol. The highest BCUT2D eigenvalue weighted by Crippen LogP contribution is 2.34. The number of rotatable bonds is 3. The van der Waals surface area contributed by atoms with Gasteiger partial charge in [-0.25, -0.2) is 0 Å². The van der Waals surface area contributed by atoms with Gasteiger partial charge in [-0.1, -0.05) is 27.7 Å². The molecule has 84 valence electrons. The van der Waals surface area contributed by atoms with E-state index in [2.05, 4.69) is 53.9 Å². The van der Waals surface area contributed by atoms with E-state index in [0.717, 1.165) is 16.7 Å². The Bertz CT molecular complexity index is 318. The molecule has 0 fully saturated rings. The second-order valence-corrected chi connectivity index (χ2v) is 5.58. The minimum absolute atomic E-state index is 0.160. The zero-order chi connectivity index (χ0) is 11.5. The minimum Gasteiger partial charge on any atom is -0.308 e. The summed E-state index contributed by atoms with van der Waals surface area (Å²) in [4.78, 5) is 4.45. The normalized spacial score (nSPS) is 13.9. The van der Waals surface area contributed by atoms with Gasteiger partial charge in [-0.05, 0) is 40.0 Å². The summed E-state index contributed by atoms with van der Waals surface area (Å²) in [7, 11) is 0. The quantitative estimate of drug-likeness (QED) is 0.909. The third-order valence-electron chi connectivity index (χ3n) is 2.33. The van der Waals surface area contributed by atoms with Crippen LogP contribution in [0, 0.1) is 5.41 Å². The fraction of sp³-hybridized carbons (Fsp3) is 0.583. The summed E-state index contributed by atoms with van der Waals surface area (Å²) >= 11 is 3.56. The maximum absolute atomic E-state index is 4.45. The zero-order valence-corrected chi connectivity index (χ0v) is 11.4. The van der Waals surface area contributed by atoms with Crippen molar-refractivity contribution in [3.8, 4) is 0 Å². The third-order valence-corrected chi connectivity index (χ3v) is 3.01. The standard InChI is InChI=1S/C12H19BrN2/c1-5-14-11(12(2,3)4)10-9(13)7-6-8-15-10/h6-8,11,14H,5H2,1-4H3. The van der Waals surface area contributed by atoms with E-state index in [1.165, 1.54) is 0 Å². The zero-order valence-electron chi connectivity index (χ0n) is 9.84. The SMILES string of the molecule is CCNC(c1ncccc1Br)C(C)(C)C. The Labute approximate surface area is 101 Å². The number of pyridine rings is 1. The molecular formula is C12H19BrN2. The molecule has 1 aromatic rings. The van der Waals surface area contributed by atoms with Crippen molar-refractivity contribution in [2.75, 3.05) is 6.54 Å². The molecule has 1 rings (SSSR count). The molecule has 0 aliphatic heterocycles. The summed E-state index contributed by atoms with van der Waals surface area (Å²) in [6, 6.07) is 4.26. The van der Waals surface area contributed by atoms with E-state index < -0.39 is 0 Å². The van der Waals surface area contributed by atoms with Gasteiger partial charge >= 0.3 is 0 Å². The summed E-state index contributed by atoms with van der Waals surface area (Å²) in [6.07, 6.45) is 1.84. The van der Waals surface area contributed by atoms with Crippen molar-refractivity contribution in [3.05, 3.63) is 28.5 Å². The van der Waals surface area contributed by atoms with Gasteiger partial charge in [0.2, 0.25) is 0 Å². The van der Waals surface area contributed by atoms with Gasteiger partial charge in [0.15, 0.2) is 0 Å². The van der Waals surface area contributed by atoms with Crippen LogP contribution in [0.2, 0.25) is 0 Å². The molecule has 3 heteroatoms. The van der Waals surface area contributed by atoms with Gasteiger partial charge in [0.25, 0.3) is 0 Å². The van der Waals surface area contributed by atoms with Gasteiger partial charge in [0.05, 0.1) is 11.7 Å². The number of hydrogen-bond donors (Lipinski definition) is 1. The second kappa shape index (κ2) is 5.08. The van der Waals surface area contributed by atoms with Crippen molar-refractivity contribution in [2.45, 2.75) is 33.7 Å². The first-order chi connectivity index (χ1) is 6.96. The van der Waals surface area contributed by atoms with Crippen molar-refractivity contribution in [3.63, 3.8) is 0 Å². The molecule has 2 nitrogen and oxygen atoms in total. The number of aromatic nitrogens is 1. The molecule has 0 aliphatic rings. The molecule has 1 heterocycles. The smallest absolute Gasteiger partial charge is 0.0720 e. The fourth-order valence-corrected chi connectivity index (χ4v) is 2.11. The van der Waals surface area contributed by atoms with Crippen LogP contribution in [0.25, 0.3) is 0 Å². The van der Waals surface area contributed by atoms with E-state index in [1.807, 2.05) is 18.3 Å². The predicted octanol–water partition coefficient (Wildman–Crippen LogP) is 3.54. The Morgan fingerprint density at radius 3 is 2.60 bits per heavy atom. The lowest BCUT2D eigenvalue weighted by atomic mass is 9.84. The molecule has 0 saturated heterocycles. The van der Waals surface area contributed by atoms with E-state index in [4.69, 9.17) is 0 Å². The molecule has 15 heavy (non-hydrogen) atoms. The van der Waals surface area contributed by atoms with Crippen LogP contribution in [0.3, 0.4) is 0 Å². The summed E-state index contributed by atoms with van der Waals surface area (Å²) < 4.78 is 1.07. The van der Waals surface area contributed by atoms with Crippen LogP contribution in [0.5, 0.6) is 0 Å². The molecule has 1 N–H and O–H groups in total. The lowest BCUT2D eigenvalue weighted by Gasteiger charge is -2.31. The van der Waals surface area contributed by atoms with Crippen LogP contribution in [-0.4, -0.2) is 11.5 Å². The van der Waals surface area contributed by atoms with Gasteiger partial charge in [-0.2, -0.15) is 0 Å². The highest BCUT2D eigenvalue weighted by molar-refractivity contribution is 9.10. The Balaban J connectivity index is 3.05. The van der Waals surface area contributed by atoms with Gasteiger partial charge in [0, 0.05) is 10.7 Å². The van der Waals surface area contributed by atoms with Crippen molar-refractivity contribution in [1.29, 1.82) is 0 Å². The first kappa shape index (κ1) is 12.7. The van der Waals surface area contributed by atoms with Crippen molar-refractivity contribution in [2.24, 2.45) is 5.41 Å². The summed E-state index contributed by atoms with van der Waals surface area (Å²) in [6.45, 7) is 9.74. The first-order valence-corrected chi connectivity index (χ1v) is 6.10. The van der Waals surface area contributed by atoms with Crippen molar-refractivity contribution >= 4 is 15.9 Å². The van der Waals surface area contributed by atoms with Crippen LogP contribution in [0.1, 0.15) is 39.4 Å². The molecule has 0 bridgehead atoms. The number of nitrogens with zero attached hydrogens (tertiary/aromatic N) is 1. The van der Waals surface area contributed by atoms with Crippen molar-refractivity contribution < 1.29 is 0 Å². The summed E-state index contributed by atoms with van der Waals surface area (Å²) in [5.41, 5.74) is 1.25. The van der Waals surface area contributed by atoms with E-state index in [9.17, 15) is 0 Å². The van der Waals surface area contributed by atoms with Gasteiger partial charge in [0.1, 0.15) is 0 Å². The van der Waals surface area contributed by atoms with E-state index in [1.54, 1.807) is 0 Å². The van der Waals surface area contributed by atoms with E-state index in [0.29, 0.717) is 0 Å². The molecule has 1 unspecified atom stereocenters. The Morgan fingerprint density at radius 1 is 1.47 bits per heavy atom. The molecule has 0 spiro atoms. The maximum Gasteiger partial charge on any atom is 0.0720 e. The fourth-order valence-electron chi connectivity index (χ4n) is 1.63. The van der Waals surface area contributed by atoms with Crippen molar-refractivity contribution in [1.82, 2.24) is 10.3 Å². The molecular weight excluding hydrogens is 252 g/mol. The average Bonchev–Trinajstić information content (AvgIpc) is 2.14. The number of hydrogen-bond acceptors (Lipinski definition) is 2. The summed E-state index contributed by atoms with van der Waals surface area (Å²) in [5, 5.41) is 3.49. The third kappa shape index (κ3) is 3.28. The average molecular weight is 271 g/mol. The van der Waals surface area contributed by atoms with Crippen LogP contribution < -0.4 is 5.32 Å². The Morgan fingerprint density at radius 2 is 2.13 bits per heavy atom. The van der Waals surface area contributed by atoms with Gasteiger partial charge in [-0.15, -0.1) is 0 Å². The van der Waals surface area contributed by atoms with Gasteiger partial charge in [-0.3, -0.25) is 4.98 Å². The van der Waals surface area contributed by atoms with Crippen LogP contribution in [0.15, 0.2) is 22.8 Å². The molecule has 1 atom stereocenters. The van der Waals surface area contributed by atoms with Crippen LogP contribution >= 0.6 is 15.9 Å². The largest absolute Gasteiger partial charge is 0.308 e. The Kier molecular flexibility index (Phi) is 4.29. The lowest BCUT2D eigenvalue weighted by molar-refractivity contribution is 0.270. The lowest BCUT2D eigenvalue weighted by Crippen LogP contribution is -2.33. The summed E-state index contributed by atoms with van der Waals surface area (Å²) in [5.74, 6) is 0. The first-order valence-electron chi connectivity index (χ1n) is 5.30. The monoisotopic (exact) mass is 270 g/mol. The molecule has 1 aromatic heterocycles. The molecule has 0 amide bonds. The maximum atomic E-state index is 4.45. The Hall–Kier alpha value is -0.410. The molecule has 0 aliphatic carbocycles.